The standard InChI is InChI=1S/C15H20O/c1-14(2)9-8-13(15(14)11-16-15)10-12-6-4-3-5-7-12/h3-7,13H,8-11H2,1-2H3. The van der Waals surface area contributed by atoms with E-state index in [4.69, 9.17) is 4.74 Å². The first-order valence-corrected chi connectivity index (χ1v) is 6.32. The zero-order chi connectivity index (χ0) is 11.2. The molecule has 1 aromatic rings. The molecule has 0 radical (unpaired) electrons. The molecule has 0 N–H and O–H groups in total. The second-order valence-electron chi connectivity index (χ2n) is 5.99. The molecule has 2 fully saturated rings. The van der Waals surface area contributed by atoms with Crippen LogP contribution in [0.3, 0.4) is 0 Å². The highest BCUT2D eigenvalue weighted by atomic mass is 16.6. The maximum Gasteiger partial charge on any atom is 0.0998 e. The molecule has 1 aromatic carbocycles. The monoisotopic (exact) mass is 216 g/mol. The maximum atomic E-state index is 5.86. The van der Waals surface area contributed by atoms with Crippen molar-refractivity contribution < 1.29 is 4.74 Å². The van der Waals surface area contributed by atoms with E-state index in [1.54, 1.807) is 0 Å². The van der Waals surface area contributed by atoms with Crippen LogP contribution in [0.5, 0.6) is 0 Å². The Hall–Kier alpha value is -0.820. The Morgan fingerprint density at radius 3 is 2.56 bits per heavy atom. The van der Waals surface area contributed by atoms with E-state index in [0.29, 0.717) is 5.41 Å². The van der Waals surface area contributed by atoms with Crippen molar-refractivity contribution in [1.82, 2.24) is 0 Å². The smallest absolute Gasteiger partial charge is 0.0998 e. The third-order valence-corrected chi connectivity index (χ3v) is 4.70. The van der Waals surface area contributed by atoms with Crippen molar-refractivity contribution in [3.8, 4) is 0 Å². The highest BCUT2D eigenvalue weighted by Gasteiger charge is 2.64. The average Bonchev–Trinajstić information content (AvgIpc) is 3.03. The highest BCUT2D eigenvalue weighted by molar-refractivity contribution is 5.20. The van der Waals surface area contributed by atoms with E-state index in [0.717, 1.165) is 12.5 Å². The minimum Gasteiger partial charge on any atom is -0.369 e. The summed E-state index contributed by atoms with van der Waals surface area (Å²) >= 11 is 0. The maximum absolute atomic E-state index is 5.86. The van der Waals surface area contributed by atoms with Gasteiger partial charge in [0.2, 0.25) is 0 Å². The first-order chi connectivity index (χ1) is 7.64. The van der Waals surface area contributed by atoms with Gasteiger partial charge in [-0.05, 0) is 36.2 Å². The van der Waals surface area contributed by atoms with E-state index in [1.165, 1.54) is 24.8 Å². The van der Waals surface area contributed by atoms with Crippen LogP contribution in [0, 0.1) is 11.3 Å². The molecule has 1 saturated carbocycles. The first-order valence-electron chi connectivity index (χ1n) is 6.32. The molecule has 1 heterocycles. The van der Waals surface area contributed by atoms with E-state index in [9.17, 15) is 0 Å². The Bertz CT molecular complexity index is 376. The van der Waals surface area contributed by atoms with Gasteiger partial charge in [-0.2, -0.15) is 0 Å². The largest absolute Gasteiger partial charge is 0.369 e. The lowest BCUT2D eigenvalue weighted by Gasteiger charge is -2.27. The first kappa shape index (κ1) is 10.3. The summed E-state index contributed by atoms with van der Waals surface area (Å²) in [7, 11) is 0. The van der Waals surface area contributed by atoms with Gasteiger partial charge in [0.25, 0.3) is 0 Å². The second-order valence-corrected chi connectivity index (χ2v) is 5.99. The van der Waals surface area contributed by atoms with Gasteiger partial charge >= 0.3 is 0 Å². The zero-order valence-corrected chi connectivity index (χ0v) is 10.2. The van der Waals surface area contributed by atoms with Gasteiger partial charge in [-0.25, -0.2) is 0 Å². The molecule has 1 heteroatoms. The summed E-state index contributed by atoms with van der Waals surface area (Å²) in [6, 6.07) is 10.8. The minimum atomic E-state index is 0.211. The summed E-state index contributed by atoms with van der Waals surface area (Å²) in [6.07, 6.45) is 3.82. The van der Waals surface area contributed by atoms with Crippen LogP contribution in [0.15, 0.2) is 30.3 Å². The summed E-state index contributed by atoms with van der Waals surface area (Å²) in [5, 5.41) is 0. The molecule has 0 bridgehead atoms. The van der Waals surface area contributed by atoms with Gasteiger partial charge in [0.05, 0.1) is 12.2 Å². The lowest BCUT2D eigenvalue weighted by Crippen LogP contribution is -2.33. The molecular formula is C15H20O. The molecule has 2 aliphatic rings. The summed E-state index contributed by atoms with van der Waals surface area (Å²) in [6.45, 7) is 5.72. The molecule has 0 aromatic heterocycles. The topological polar surface area (TPSA) is 12.5 Å². The number of ether oxygens (including phenoxy) is 1. The van der Waals surface area contributed by atoms with Crippen LogP contribution >= 0.6 is 0 Å². The lowest BCUT2D eigenvalue weighted by molar-refractivity contribution is 0.136. The van der Waals surface area contributed by atoms with Crippen LogP contribution in [-0.2, 0) is 11.2 Å². The Morgan fingerprint density at radius 2 is 1.94 bits per heavy atom. The van der Waals surface area contributed by atoms with Crippen LogP contribution in [0.4, 0.5) is 0 Å². The number of hydrogen-bond donors (Lipinski definition) is 0. The predicted octanol–water partition coefficient (Wildman–Crippen LogP) is 3.43. The van der Waals surface area contributed by atoms with E-state index < -0.39 is 0 Å². The van der Waals surface area contributed by atoms with Gasteiger partial charge in [-0.3, -0.25) is 0 Å². The molecule has 3 rings (SSSR count). The summed E-state index contributed by atoms with van der Waals surface area (Å²) in [5.74, 6) is 0.727. The molecule has 0 amide bonds. The van der Waals surface area contributed by atoms with Crippen LogP contribution in [0.25, 0.3) is 0 Å². The molecule has 1 saturated heterocycles. The predicted molar refractivity (Wildman–Crippen MR) is 65.3 cm³/mol. The molecule has 2 unspecified atom stereocenters. The van der Waals surface area contributed by atoms with Gasteiger partial charge in [0.1, 0.15) is 0 Å². The molecule has 16 heavy (non-hydrogen) atoms. The lowest BCUT2D eigenvalue weighted by atomic mass is 9.77. The van der Waals surface area contributed by atoms with Crippen LogP contribution in [0.2, 0.25) is 0 Å². The summed E-state index contributed by atoms with van der Waals surface area (Å²) in [4.78, 5) is 0. The minimum absolute atomic E-state index is 0.211. The molecule has 1 aliphatic carbocycles. The van der Waals surface area contributed by atoms with E-state index in [-0.39, 0.29) is 5.60 Å². The third kappa shape index (κ3) is 1.41. The molecular weight excluding hydrogens is 196 g/mol. The fraction of sp³-hybridized carbons (Fsp3) is 0.600. The second kappa shape index (κ2) is 3.33. The van der Waals surface area contributed by atoms with Crippen LogP contribution in [-0.4, -0.2) is 12.2 Å². The molecule has 1 spiro atoms. The van der Waals surface area contributed by atoms with Crippen molar-refractivity contribution in [1.29, 1.82) is 0 Å². The molecule has 2 atom stereocenters. The van der Waals surface area contributed by atoms with Crippen molar-refractivity contribution in [3.63, 3.8) is 0 Å². The van der Waals surface area contributed by atoms with Crippen molar-refractivity contribution in [3.05, 3.63) is 35.9 Å². The average molecular weight is 216 g/mol. The number of epoxide rings is 1. The Kier molecular flexibility index (Phi) is 2.16. The Labute approximate surface area is 97.8 Å². The molecule has 1 nitrogen and oxygen atoms in total. The van der Waals surface area contributed by atoms with E-state index in [1.807, 2.05) is 0 Å². The van der Waals surface area contributed by atoms with Crippen molar-refractivity contribution >= 4 is 0 Å². The summed E-state index contributed by atoms with van der Waals surface area (Å²) < 4.78 is 5.86. The van der Waals surface area contributed by atoms with Gasteiger partial charge < -0.3 is 4.74 Å². The van der Waals surface area contributed by atoms with Gasteiger partial charge in [-0.1, -0.05) is 44.2 Å². The third-order valence-electron chi connectivity index (χ3n) is 4.70. The quantitative estimate of drug-likeness (QED) is 0.690. The molecule has 86 valence electrons. The fourth-order valence-corrected chi connectivity index (χ4v) is 3.40. The highest BCUT2D eigenvalue weighted by Crippen LogP contribution is 2.59. The number of hydrogen-bond acceptors (Lipinski definition) is 1. The van der Waals surface area contributed by atoms with E-state index >= 15 is 0 Å². The zero-order valence-electron chi connectivity index (χ0n) is 10.2. The summed E-state index contributed by atoms with van der Waals surface area (Å²) in [5.41, 5.74) is 2.05. The number of benzene rings is 1. The Balaban J connectivity index is 1.78. The SMILES string of the molecule is CC1(C)CCC(Cc2ccccc2)C12CO2. The Morgan fingerprint density at radius 1 is 1.25 bits per heavy atom. The van der Waals surface area contributed by atoms with Gasteiger partial charge in [-0.15, -0.1) is 0 Å². The van der Waals surface area contributed by atoms with Crippen LogP contribution in [0.1, 0.15) is 32.3 Å². The van der Waals surface area contributed by atoms with Crippen molar-refractivity contribution in [2.45, 2.75) is 38.7 Å². The van der Waals surface area contributed by atoms with E-state index in [2.05, 4.69) is 44.2 Å². The van der Waals surface area contributed by atoms with Crippen molar-refractivity contribution in [2.24, 2.45) is 11.3 Å². The van der Waals surface area contributed by atoms with Crippen molar-refractivity contribution in [2.75, 3.05) is 6.61 Å². The molecule has 1 aliphatic heterocycles. The van der Waals surface area contributed by atoms with Gasteiger partial charge in [0.15, 0.2) is 0 Å². The van der Waals surface area contributed by atoms with Gasteiger partial charge in [0, 0.05) is 0 Å². The fourth-order valence-electron chi connectivity index (χ4n) is 3.40. The van der Waals surface area contributed by atoms with Crippen LogP contribution < -0.4 is 0 Å². The number of rotatable bonds is 2. The normalized spacial score (nSPS) is 35.5.